The molecule has 23 heavy (non-hydrogen) atoms. The third-order valence-corrected chi connectivity index (χ3v) is 5.97. The van der Waals surface area contributed by atoms with Crippen molar-refractivity contribution in [3.8, 4) is 0 Å². The zero-order valence-electron chi connectivity index (χ0n) is 14.0. The van der Waals surface area contributed by atoms with Crippen molar-refractivity contribution in [3.63, 3.8) is 0 Å². The van der Waals surface area contributed by atoms with E-state index in [9.17, 15) is 4.55 Å². The van der Waals surface area contributed by atoms with Crippen LogP contribution in [-0.2, 0) is 11.2 Å². The number of hydrogen-bond acceptors (Lipinski definition) is 3. The van der Waals surface area contributed by atoms with Gasteiger partial charge in [-0.1, -0.05) is 42.7 Å². The first kappa shape index (κ1) is 16.9. The van der Waals surface area contributed by atoms with Gasteiger partial charge in [-0.3, -0.25) is 0 Å². The van der Waals surface area contributed by atoms with Crippen molar-refractivity contribution >= 4 is 39.2 Å². The number of fused-ring (bicyclic) bond motifs is 1. The van der Waals surface area contributed by atoms with E-state index in [0.29, 0.717) is 23.0 Å². The fourth-order valence-corrected chi connectivity index (χ4v) is 4.62. The molecule has 1 aromatic heterocycles. The monoisotopic (exact) mass is 350 g/mol. The maximum Gasteiger partial charge on any atom is 0.129 e. The van der Waals surface area contributed by atoms with Crippen molar-refractivity contribution in [2.75, 3.05) is 23.5 Å². The van der Waals surface area contributed by atoms with Gasteiger partial charge in [-0.05, 0) is 35.9 Å². The highest BCUT2D eigenvalue weighted by Gasteiger charge is 2.38. The van der Waals surface area contributed by atoms with Gasteiger partial charge in [-0.25, -0.2) is 4.98 Å². The van der Waals surface area contributed by atoms with Gasteiger partial charge in [0.1, 0.15) is 10.9 Å². The molecule has 0 spiro atoms. The summed E-state index contributed by atoms with van der Waals surface area (Å²) in [6, 6.07) is 6.78. The minimum atomic E-state index is -0.733. The van der Waals surface area contributed by atoms with Crippen LogP contribution in [0.15, 0.2) is 24.4 Å². The van der Waals surface area contributed by atoms with Gasteiger partial charge in [0.05, 0.1) is 6.26 Å². The zero-order chi connectivity index (χ0) is 16.7. The Morgan fingerprint density at radius 1 is 1.39 bits per heavy atom. The van der Waals surface area contributed by atoms with Gasteiger partial charge in [0.25, 0.3) is 0 Å². The Morgan fingerprint density at radius 3 is 2.74 bits per heavy atom. The van der Waals surface area contributed by atoms with Crippen LogP contribution in [0.4, 0.5) is 5.69 Å². The molecule has 3 nitrogen and oxygen atoms in total. The second-order valence-electron chi connectivity index (χ2n) is 6.77. The summed E-state index contributed by atoms with van der Waals surface area (Å²) in [6.07, 6.45) is 3.67. The standard InChI is InChI=1S/C18H23ClN2OS/c1-11(2)14-5-6-17(16-8-20-18(19)7-15(14)16)21-9-13(12(21)3)10-23(4)22/h5-8,11-13H,9-10H2,1-4H3/t12-,13-,23-/m1/s1. The van der Waals surface area contributed by atoms with Crippen molar-refractivity contribution in [2.24, 2.45) is 5.92 Å². The summed E-state index contributed by atoms with van der Waals surface area (Å²) in [5, 5.41) is 2.88. The molecule has 2 aromatic rings. The number of anilines is 1. The van der Waals surface area contributed by atoms with Gasteiger partial charge in [0.2, 0.25) is 0 Å². The Kier molecular flexibility index (Phi) is 4.77. The van der Waals surface area contributed by atoms with Gasteiger partial charge < -0.3 is 9.45 Å². The Balaban J connectivity index is 1.99. The Labute approximate surface area is 146 Å². The number of nitrogens with zero attached hydrogens (tertiary/aromatic N) is 2. The molecule has 0 N–H and O–H groups in total. The second kappa shape index (κ2) is 6.50. The first-order valence-electron chi connectivity index (χ1n) is 8.03. The molecule has 1 aliphatic rings. The first-order chi connectivity index (χ1) is 10.9. The number of hydrogen-bond donors (Lipinski definition) is 0. The van der Waals surface area contributed by atoms with Crippen LogP contribution in [0.3, 0.4) is 0 Å². The lowest BCUT2D eigenvalue weighted by atomic mass is 9.89. The molecule has 1 saturated heterocycles. The Hall–Kier alpha value is -0.970. The molecule has 5 heteroatoms. The predicted molar refractivity (Wildman–Crippen MR) is 100 cm³/mol. The molecule has 0 aliphatic carbocycles. The van der Waals surface area contributed by atoms with Crippen molar-refractivity contribution in [2.45, 2.75) is 32.7 Å². The first-order valence-corrected chi connectivity index (χ1v) is 10.1. The van der Waals surface area contributed by atoms with Gasteiger partial charge in [-0.2, -0.15) is 0 Å². The summed E-state index contributed by atoms with van der Waals surface area (Å²) >= 11 is 5.39. The van der Waals surface area contributed by atoms with Crippen LogP contribution in [0.1, 0.15) is 32.3 Å². The molecule has 0 unspecified atom stereocenters. The molecular formula is C18H23ClN2OS. The molecule has 3 rings (SSSR count). The highest BCUT2D eigenvalue weighted by Crippen LogP contribution is 2.39. The zero-order valence-corrected chi connectivity index (χ0v) is 15.6. The molecule has 0 bridgehead atoms. The lowest BCUT2D eigenvalue weighted by Crippen LogP contribution is -2.57. The van der Waals surface area contributed by atoms with Gasteiger partial charge >= 0.3 is 0 Å². The fraction of sp³-hybridized carbons (Fsp3) is 0.500. The van der Waals surface area contributed by atoms with Crippen LogP contribution in [0.2, 0.25) is 5.15 Å². The van der Waals surface area contributed by atoms with E-state index in [2.05, 4.69) is 42.8 Å². The van der Waals surface area contributed by atoms with E-state index in [1.807, 2.05) is 12.3 Å². The summed E-state index contributed by atoms with van der Waals surface area (Å²) < 4.78 is 11.5. The molecule has 2 heterocycles. The van der Waals surface area contributed by atoms with E-state index in [1.165, 1.54) is 16.6 Å². The van der Waals surface area contributed by atoms with Crippen LogP contribution in [-0.4, -0.2) is 34.1 Å². The number of benzene rings is 1. The van der Waals surface area contributed by atoms with Crippen molar-refractivity contribution in [1.82, 2.24) is 4.98 Å². The maximum absolute atomic E-state index is 11.5. The average Bonchev–Trinajstić information content (AvgIpc) is 2.49. The van der Waals surface area contributed by atoms with Gasteiger partial charge in [0, 0.05) is 35.8 Å². The third kappa shape index (κ3) is 3.17. The van der Waals surface area contributed by atoms with Crippen molar-refractivity contribution in [1.29, 1.82) is 0 Å². The molecule has 0 saturated carbocycles. The van der Waals surface area contributed by atoms with E-state index in [0.717, 1.165) is 17.7 Å². The number of pyridine rings is 1. The highest BCUT2D eigenvalue weighted by molar-refractivity contribution is 7.90. The number of aromatic nitrogens is 1. The minimum absolute atomic E-state index is 0.405. The van der Waals surface area contributed by atoms with E-state index in [1.54, 1.807) is 6.26 Å². The summed E-state index contributed by atoms with van der Waals surface area (Å²) in [7, 11) is 0. The van der Waals surface area contributed by atoms with Crippen LogP contribution >= 0.6 is 11.6 Å². The summed E-state index contributed by atoms with van der Waals surface area (Å²) in [5.74, 6) is 1.72. The molecule has 1 aromatic carbocycles. The van der Waals surface area contributed by atoms with Crippen molar-refractivity contribution < 1.29 is 4.55 Å². The Morgan fingerprint density at radius 2 is 2.13 bits per heavy atom. The molecule has 0 radical (unpaired) electrons. The third-order valence-electron chi connectivity index (χ3n) is 4.86. The molecule has 0 amide bonds. The molecule has 1 fully saturated rings. The van der Waals surface area contributed by atoms with Gasteiger partial charge in [0.15, 0.2) is 0 Å². The predicted octanol–water partition coefficient (Wildman–Crippen LogP) is 4.21. The number of rotatable bonds is 4. The number of halogens is 1. The minimum Gasteiger partial charge on any atom is -0.617 e. The lowest BCUT2D eigenvalue weighted by molar-refractivity contribution is 0.342. The summed E-state index contributed by atoms with van der Waals surface area (Å²) in [4.78, 5) is 6.68. The largest absolute Gasteiger partial charge is 0.617 e. The van der Waals surface area contributed by atoms with E-state index in [4.69, 9.17) is 11.6 Å². The van der Waals surface area contributed by atoms with E-state index >= 15 is 0 Å². The second-order valence-corrected chi connectivity index (χ2v) is 8.64. The molecule has 124 valence electrons. The molecular weight excluding hydrogens is 328 g/mol. The van der Waals surface area contributed by atoms with Crippen LogP contribution < -0.4 is 4.90 Å². The van der Waals surface area contributed by atoms with Crippen LogP contribution in [0, 0.1) is 5.92 Å². The van der Waals surface area contributed by atoms with Crippen LogP contribution in [0.25, 0.3) is 10.8 Å². The average molecular weight is 351 g/mol. The fourth-order valence-electron chi connectivity index (χ4n) is 3.47. The normalized spacial score (nSPS) is 22.5. The highest BCUT2D eigenvalue weighted by atomic mass is 35.5. The van der Waals surface area contributed by atoms with Crippen molar-refractivity contribution in [3.05, 3.63) is 35.1 Å². The Bertz CT molecular complexity index is 719. The van der Waals surface area contributed by atoms with Crippen LogP contribution in [0.5, 0.6) is 0 Å². The topological polar surface area (TPSA) is 39.2 Å². The maximum atomic E-state index is 11.5. The smallest absolute Gasteiger partial charge is 0.129 e. The SMILES string of the molecule is CC(C)c1ccc(N2C[C@H](C[S@@+](C)[O-])[C@H]2C)c2cnc(Cl)cc12. The van der Waals surface area contributed by atoms with Gasteiger partial charge in [-0.15, -0.1) is 0 Å². The quantitative estimate of drug-likeness (QED) is 0.612. The summed E-state index contributed by atoms with van der Waals surface area (Å²) in [6.45, 7) is 7.56. The lowest BCUT2D eigenvalue weighted by Gasteiger charge is -2.48. The molecule has 1 aliphatic heterocycles. The molecule has 3 atom stereocenters. The van der Waals surface area contributed by atoms with E-state index < -0.39 is 11.2 Å². The summed E-state index contributed by atoms with van der Waals surface area (Å²) in [5.41, 5.74) is 2.51. The van der Waals surface area contributed by atoms with E-state index in [-0.39, 0.29) is 0 Å².